The van der Waals surface area contributed by atoms with Gasteiger partial charge in [0, 0.05) is 0 Å². The number of aliphatic carboxylic acids is 1. The van der Waals surface area contributed by atoms with Crippen LogP contribution in [-0.4, -0.2) is 17.0 Å². The molecule has 0 spiro atoms. The highest BCUT2D eigenvalue weighted by atomic mass is 16.4. The number of carboxylic acid groups (broad SMARTS) is 1. The van der Waals surface area contributed by atoms with Crippen molar-refractivity contribution in [3.8, 4) is 0 Å². The van der Waals surface area contributed by atoms with E-state index in [1.54, 1.807) is 54.6 Å². The lowest BCUT2D eigenvalue weighted by atomic mass is 10.0. The van der Waals surface area contributed by atoms with E-state index in [-0.39, 0.29) is 0 Å². The Balaban J connectivity index is 2.14. The fraction of sp³-hybridized carbons (Fsp3) is 0.125. The van der Waals surface area contributed by atoms with Gasteiger partial charge in [-0.2, -0.15) is 0 Å². The zero-order valence-electron chi connectivity index (χ0n) is 11.3. The third kappa shape index (κ3) is 3.67. The molecule has 0 unspecified atom stereocenters. The van der Waals surface area contributed by atoms with Crippen molar-refractivity contribution in [1.29, 1.82) is 0 Å². The minimum atomic E-state index is -1.13. The fourth-order valence-electron chi connectivity index (χ4n) is 1.98. The smallest absolute Gasteiger partial charge is 0.330 e. The van der Waals surface area contributed by atoms with Crippen LogP contribution in [0.5, 0.6) is 0 Å². The summed E-state index contributed by atoms with van der Waals surface area (Å²) < 4.78 is 0. The second-order valence-electron chi connectivity index (χ2n) is 4.58. The van der Waals surface area contributed by atoms with Gasteiger partial charge in [0.05, 0.1) is 0 Å². The summed E-state index contributed by atoms with van der Waals surface area (Å²) in [6.45, 7) is 0. The average Bonchev–Trinajstić information content (AvgIpc) is 2.53. The topological polar surface area (TPSA) is 92.4 Å². The molecular weight excluding hydrogens is 268 g/mol. The van der Waals surface area contributed by atoms with Crippen LogP contribution >= 0.6 is 0 Å². The molecule has 0 aliphatic carbocycles. The maximum Gasteiger partial charge on any atom is 0.330 e. The van der Waals surface area contributed by atoms with Crippen LogP contribution < -0.4 is 11.1 Å². The Morgan fingerprint density at radius 1 is 0.905 bits per heavy atom. The van der Waals surface area contributed by atoms with Gasteiger partial charge in [0.1, 0.15) is 6.04 Å². The van der Waals surface area contributed by atoms with Gasteiger partial charge in [0.2, 0.25) is 5.91 Å². The van der Waals surface area contributed by atoms with Crippen LogP contribution in [-0.2, 0) is 9.59 Å². The van der Waals surface area contributed by atoms with Gasteiger partial charge in [-0.1, -0.05) is 60.7 Å². The Kier molecular flexibility index (Phi) is 4.68. The molecule has 0 saturated heterocycles. The Morgan fingerprint density at radius 2 is 1.38 bits per heavy atom. The molecule has 0 fully saturated rings. The summed E-state index contributed by atoms with van der Waals surface area (Å²) >= 11 is 0. The molecule has 2 atom stereocenters. The maximum absolute atomic E-state index is 12.1. The highest BCUT2D eigenvalue weighted by Crippen LogP contribution is 2.15. The lowest BCUT2D eigenvalue weighted by Crippen LogP contribution is -2.39. The molecule has 5 heteroatoms. The molecule has 1 amide bonds. The fourth-order valence-corrected chi connectivity index (χ4v) is 1.98. The molecule has 0 aliphatic rings. The molecule has 2 aromatic carbocycles. The number of nitrogens with two attached hydrogens (primary N) is 1. The first-order valence-corrected chi connectivity index (χ1v) is 6.48. The van der Waals surface area contributed by atoms with Crippen molar-refractivity contribution in [2.45, 2.75) is 12.1 Å². The van der Waals surface area contributed by atoms with Crippen LogP contribution in [0.15, 0.2) is 60.7 Å². The van der Waals surface area contributed by atoms with Crippen molar-refractivity contribution >= 4 is 11.9 Å². The van der Waals surface area contributed by atoms with Gasteiger partial charge in [0.25, 0.3) is 0 Å². The Morgan fingerprint density at radius 3 is 1.86 bits per heavy atom. The molecule has 2 aromatic rings. The number of carbonyl (C=O) groups is 2. The van der Waals surface area contributed by atoms with Crippen LogP contribution in [0, 0.1) is 0 Å². The minimum absolute atomic E-state index is 0.499. The highest BCUT2D eigenvalue weighted by Gasteiger charge is 2.25. The van der Waals surface area contributed by atoms with E-state index in [9.17, 15) is 14.7 Å². The largest absolute Gasteiger partial charge is 0.479 e. The van der Waals surface area contributed by atoms with Crippen molar-refractivity contribution in [3.05, 3.63) is 71.8 Å². The van der Waals surface area contributed by atoms with Gasteiger partial charge >= 0.3 is 5.97 Å². The van der Waals surface area contributed by atoms with Crippen LogP contribution in [0.3, 0.4) is 0 Å². The first-order chi connectivity index (χ1) is 10.1. The lowest BCUT2D eigenvalue weighted by molar-refractivity contribution is -0.142. The molecular formula is C16H16N2O3. The summed E-state index contributed by atoms with van der Waals surface area (Å²) in [4.78, 5) is 23.5. The van der Waals surface area contributed by atoms with Crippen LogP contribution in [0.2, 0.25) is 0 Å². The number of amides is 1. The minimum Gasteiger partial charge on any atom is -0.479 e. The first kappa shape index (κ1) is 14.7. The molecule has 0 heterocycles. The van der Waals surface area contributed by atoms with Crippen molar-refractivity contribution in [1.82, 2.24) is 5.32 Å². The highest BCUT2D eigenvalue weighted by molar-refractivity contribution is 5.88. The second kappa shape index (κ2) is 6.67. The molecule has 0 aliphatic heterocycles. The number of nitrogens with one attached hydrogen (secondary N) is 1. The molecule has 0 aromatic heterocycles. The van der Waals surface area contributed by atoms with Crippen LogP contribution in [0.1, 0.15) is 23.2 Å². The summed E-state index contributed by atoms with van der Waals surface area (Å²) in [5, 5.41) is 11.7. The third-order valence-electron chi connectivity index (χ3n) is 3.11. The van der Waals surface area contributed by atoms with Crippen molar-refractivity contribution < 1.29 is 14.7 Å². The Labute approximate surface area is 122 Å². The van der Waals surface area contributed by atoms with Gasteiger partial charge in [-0.3, -0.25) is 4.79 Å². The van der Waals surface area contributed by atoms with E-state index in [0.29, 0.717) is 11.1 Å². The maximum atomic E-state index is 12.1. The average molecular weight is 284 g/mol. The second-order valence-corrected chi connectivity index (χ2v) is 4.58. The Hall–Kier alpha value is -2.66. The van der Waals surface area contributed by atoms with Crippen molar-refractivity contribution in [3.63, 3.8) is 0 Å². The van der Waals surface area contributed by atoms with Crippen molar-refractivity contribution in [2.75, 3.05) is 0 Å². The molecule has 0 bridgehead atoms. The third-order valence-corrected chi connectivity index (χ3v) is 3.11. The number of benzene rings is 2. The molecule has 4 N–H and O–H groups in total. The SMILES string of the molecule is N[C@H](C(=O)N[C@H](C(=O)O)c1ccccc1)c1ccccc1. The van der Waals surface area contributed by atoms with E-state index < -0.39 is 24.0 Å². The number of hydrogen-bond acceptors (Lipinski definition) is 3. The summed E-state index contributed by atoms with van der Waals surface area (Å²) in [6, 6.07) is 15.3. The van der Waals surface area contributed by atoms with Crippen LogP contribution in [0.4, 0.5) is 0 Å². The van der Waals surface area contributed by atoms with E-state index >= 15 is 0 Å². The normalized spacial score (nSPS) is 13.2. The van der Waals surface area contributed by atoms with Gasteiger partial charge in [0.15, 0.2) is 6.04 Å². The quantitative estimate of drug-likeness (QED) is 0.778. The van der Waals surface area contributed by atoms with E-state index in [1.165, 1.54) is 0 Å². The first-order valence-electron chi connectivity index (χ1n) is 6.48. The summed E-state index contributed by atoms with van der Waals surface area (Å²) in [5.74, 6) is -1.66. The van der Waals surface area contributed by atoms with E-state index in [2.05, 4.69) is 5.32 Å². The number of hydrogen-bond donors (Lipinski definition) is 3. The van der Waals surface area contributed by atoms with Gasteiger partial charge in [-0.15, -0.1) is 0 Å². The number of carbonyl (C=O) groups excluding carboxylic acids is 1. The molecule has 0 saturated carbocycles. The molecule has 5 nitrogen and oxygen atoms in total. The van der Waals surface area contributed by atoms with Crippen molar-refractivity contribution in [2.24, 2.45) is 5.73 Å². The van der Waals surface area contributed by atoms with Crippen LogP contribution in [0.25, 0.3) is 0 Å². The van der Waals surface area contributed by atoms with Gasteiger partial charge < -0.3 is 16.2 Å². The van der Waals surface area contributed by atoms with Gasteiger partial charge in [-0.05, 0) is 11.1 Å². The predicted octanol–water partition coefficient (Wildman–Crippen LogP) is 1.63. The molecule has 2 rings (SSSR count). The lowest BCUT2D eigenvalue weighted by Gasteiger charge is -2.18. The summed E-state index contributed by atoms with van der Waals surface area (Å²) in [5.41, 5.74) is 6.99. The monoisotopic (exact) mass is 284 g/mol. The summed E-state index contributed by atoms with van der Waals surface area (Å²) in [6.07, 6.45) is 0. The number of rotatable bonds is 5. The molecule has 108 valence electrons. The zero-order chi connectivity index (χ0) is 15.2. The molecule has 21 heavy (non-hydrogen) atoms. The predicted molar refractivity (Wildman–Crippen MR) is 78.3 cm³/mol. The van der Waals surface area contributed by atoms with E-state index in [0.717, 1.165) is 0 Å². The standard InChI is InChI=1S/C16H16N2O3/c17-13(11-7-3-1-4-8-11)15(19)18-14(16(20)21)12-9-5-2-6-10-12/h1-10,13-14H,17H2,(H,18,19)(H,20,21)/t13-,14-/m0/s1. The molecule has 0 radical (unpaired) electrons. The van der Waals surface area contributed by atoms with Gasteiger partial charge in [-0.25, -0.2) is 4.79 Å². The summed E-state index contributed by atoms with van der Waals surface area (Å²) in [7, 11) is 0. The number of carboxylic acids is 1. The van der Waals surface area contributed by atoms with E-state index in [4.69, 9.17) is 5.73 Å². The Bertz CT molecular complexity index is 614. The zero-order valence-corrected chi connectivity index (χ0v) is 11.3. The van der Waals surface area contributed by atoms with E-state index in [1.807, 2.05) is 6.07 Å².